The zero-order chi connectivity index (χ0) is 14.5. The van der Waals surface area contributed by atoms with Gasteiger partial charge in [0.15, 0.2) is 6.29 Å². The monoisotopic (exact) mass is 281 g/mol. The van der Waals surface area contributed by atoms with E-state index in [0.717, 1.165) is 31.7 Å². The van der Waals surface area contributed by atoms with Gasteiger partial charge in [0.2, 0.25) is 0 Å². The average molecular weight is 281 g/mol. The Bertz CT molecular complexity index is 439. The summed E-state index contributed by atoms with van der Waals surface area (Å²) in [7, 11) is 3.30. The molecule has 2 rings (SSSR count). The van der Waals surface area contributed by atoms with Gasteiger partial charge in [0.25, 0.3) is 5.69 Å². The highest BCUT2D eigenvalue weighted by Gasteiger charge is 2.27. The van der Waals surface area contributed by atoms with Crippen molar-refractivity contribution < 1.29 is 14.4 Å². The summed E-state index contributed by atoms with van der Waals surface area (Å²) >= 11 is 0. The van der Waals surface area contributed by atoms with Gasteiger partial charge in [-0.25, -0.2) is 4.98 Å². The molecule has 1 saturated heterocycles. The van der Waals surface area contributed by atoms with Gasteiger partial charge in [-0.05, 0) is 18.9 Å². The van der Waals surface area contributed by atoms with Crippen LogP contribution in [0.25, 0.3) is 0 Å². The number of anilines is 1. The molecule has 0 unspecified atom stereocenters. The molecule has 0 saturated carbocycles. The van der Waals surface area contributed by atoms with E-state index in [1.165, 1.54) is 12.3 Å². The average Bonchev–Trinajstić information content (AvgIpc) is 2.49. The van der Waals surface area contributed by atoms with Gasteiger partial charge in [0.1, 0.15) is 12.0 Å². The van der Waals surface area contributed by atoms with Gasteiger partial charge in [-0.2, -0.15) is 0 Å². The molecule has 20 heavy (non-hydrogen) atoms. The summed E-state index contributed by atoms with van der Waals surface area (Å²) in [6.45, 7) is 1.69. The van der Waals surface area contributed by atoms with Gasteiger partial charge < -0.3 is 14.4 Å². The second-order valence-electron chi connectivity index (χ2n) is 4.80. The third-order valence-electron chi connectivity index (χ3n) is 3.66. The SMILES string of the molecule is COC(OC)C1CCN(c2ccc([N+](=O)[O-])cn2)CC1. The molecule has 0 N–H and O–H groups in total. The van der Waals surface area contributed by atoms with Crippen molar-refractivity contribution in [1.82, 2.24) is 4.98 Å². The highest BCUT2D eigenvalue weighted by atomic mass is 16.7. The zero-order valence-electron chi connectivity index (χ0n) is 11.7. The number of pyridine rings is 1. The number of piperidine rings is 1. The molecule has 7 heteroatoms. The van der Waals surface area contributed by atoms with Crippen molar-refractivity contribution in [3.8, 4) is 0 Å². The second kappa shape index (κ2) is 6.62. The Kier molecular flexibility index (Phi) is 4.86. The Morgan fingerprint density at radius 3 is 2.45 bits per heavy atom. The second-order valence-corrected chi connectivity index (χ2v) is 4.80. The number of rotatable bonds is 5. The van der Waals surface area contributed by atoms with Crippen LogP contribution >= 0.6 is 0 Å². The van der Waals surface area contributed by atoms with Gasteiger partial charge in [-0.15, -0.1) is 0 Å². The van der Waals surface area contributed by atoms with Crippen LogP contribution in [0.4, 0.5) is 11.5 Å². The summed E-state index contributed by atoms with van der Waals surface area (Å²) in [6, 6.07) is 3.18. The molecule has 0 aliphatic carbocycles. The Morgan fingerprint density at radius 1 is 1.35 bits per heavy atom. The van der Waals surface area contributed by atoms with E-state index in [0.29, 0.717) is 5.92 Å². The topological polar surface area (TPSA) is 77.7 Å². The number of hydrogen-bond donors (Lipinski definition) is 0. The van der Waals surface area contributed by atoms with Gasteiger partial charge in [-0.1, -0.05) is 0 Å². The van der Waals surface area contributed by atoms with E-state index in [4.69, 9.17) is 9.47 Å². The Labute approximate surface area is 117 Å². The molecule has 0 bridgehead atoms. The Hall–Kier alpha value is -1.73. The molecular formula is C13H19N3O4. The molecule has 0 amide bonds. The quantitative estimate of drug-likeness (QED) is 0.465. The van der Waals surface area contributed by atoms with Crippen molar-refractivity contribution in [2.45, 2.75) is 19.1 Å². The number of nitro groups is 1. The zero-order valence-corrected chi connectivity index (χ0v) is 11.7. The number of nitrogens with zero attached hydrogens (tertiary/aromatic N) is 3. The fourth-order valence-corrected chi connectivity index (χ4v) is 2.56. The molecule has 1 aliphatic rings. The van der Waals surface area contributed by atoms with Crippen molar-refractivity contribution in [3.63, 3.8) is 0 Å². The minimum atomic E-state index is -0.440. The van der Waals surface area contributed by atoms with Gasteiger partial charge in [0, 0.05) is 39.3 Å². The maximum atomic E-state index is 10.6. The molecule has 1 fully saturated rings. The third-order valence-corrected chi connectivity index (χ3v) is 3.66. The summed E-state index contributed by atoms with van der Waals surface area (Å²) in [4.78, 5) is 16.4. The van der Waals surface area contributed by atoms with Crippen LogP contribution in [0.15, 0.2) is 18.3 Å². The van der Waals surface area contributed by atoms with E-state index in [1.807, 2.05) is 0 Å². The van der Waals surface area contributed by atoms with Crippen LogP contribution in [0, 0.1) is 16.0 Å². The number of aromatic nitrogens is 1. The molecule has 1 aromatic heterocycles. The predicted molar refractivity (Wildman–Crippen MR) is 73.6 cm³/mol. The minimum absolute atomic E-state index is 0.0162. The lowest BCUT2D eigenvalue weighted by Gasteiger charge is -2.35. The van der Waals surface area contributed by atoms with Crippen LogP contribution in [0.2, 0.25) is 0 Å². The first kappa shape index (κ1) is 14.7. The highest BCUT2D eigenvalue weighted by Crippen LogP contribution is 2.26. The maximum Gasteiger partial charge on any atom is 0.287 e. The minimum Gasteiger partial charge on any atom is -0.357 e. The number of ether oxygens (including phenoxy) is 2. The van der Waals surface area contributed by atoms with E-state index in [9.17, 15) is 10.1 Å². The van der Waals surface area contributed by atoms with Crippen LogP contribution in [0.1, 0.15) is 12.8 Å². The van der Waals surface area contributed by atoms with E-state index < -0.39 is 4.92 Å². The summed E-state index contributed by atoms with van der Waals surface area (Å²) in [5, 5.41) is 10.6. The van der Waals surface area contributed by atoms with Gasteiger partial charge in [0.05, 0.1) is 4.92 Å². The molecule has 2 heterocycles. The largest absolute Gasteiger partial charge is 0.357 e. The number of hydrogen-bond acceptors (Lipinski definition) is 6. The van der Waals surface area contributed by atoms with Gasteiger partial charge in [-0.3, -0.25) is 10.1 Å². The fraction of sp³-hybridized carbons (Fsp3) is 0.615. The molecular weight excluding hydrogens is 262 g/mol. The van der Waals surface area contributed by atoms with Crippen LogP contribution in [0.5, 0.6) is 0 Å². The maximum absolute atomic E-state index is 10.6. The fourth-order valence-electron chi connectivity index (χ4n) is 2.56. The van der Waals surface area contributed by atoms with Crippen molar-refractivity contribution in [3.05, 3.63) is 28.4 Å². The Balaban J connectivity index is 1.95. The summed E-state index contributed by atoms with van der Waals surface area (Å²) in [6.07, 6.45) is 3.03. The van der Waals surface area contributed by atoms with E-state index in [-0.39, 0.29) is 12.0 Å². The van der Waals surface area contributed by atoms with E-state index >= 15 is 0 Å². The Morgan fingerprint density at radius 2 is 2.00 bits per heavy atom. The molecule has 110 valence electrons. The highest BCUT2D eigenvalue weighted by molar-refractivity contribution is 5.43. The van der Waals surface area contributed by atoms with Gasteiger partial charge >= 0.3 is 0 Å². The molecule has 0 spiro atoms. The predicted octanol–water partition coefficient (Wildman–Crippen LogP) is 1.83. The molecule has 0 aromatic carbocycles. The molecule has 1 aromatic rings. The molecule has 0 radical (unpaired) electrons. The van der Waals surface area contributed by atoms with Crippen LogP contribution in [-0.2, 0) is 9.47 Å². The smallest absolute Gasteiger partial charge is 0.287 e. The van der Waals surface area contributed by atoms with E-state index in [2.05, 4.69) is 9.88 Å². The van der Waals surface area contributed by atoms with Crippen molar-refractivity contribution in [1.29, 1.82) is 0 Å². The van der Waals surface area contributed by atoms with Crippen molar-refractivity contribution in [2.75, 3.05) is 32.2 Å². The lowest BCUT2D eigenvalue weighted by Crippen LogP contribution is -2.39. The van der Waals surface area contributed by atoms with Crippen molar-refractivity contribution in [2.24, 2.45) is 5.92 Å². The summed E-state index contributed by atoms with van der Waals surface area (Å²) < 4.78 is 10.6. The van der Waals surface area contributed by atoms with E-state index in [1.54, 1.807) is 20.3 Å². The third kappa shape index (κ3) is 3.23. The first-order chi connectivity index (χ1) is 9.65. The normalized spacial score (nSPS) is 16.6. The lowest BCUT2D eigenvalue weighted by molar-refractivity contribution is -0.385. The van der Waals surface area contributed by atoms with Crippen LogP contribution in [0.3, 0.4) is 0 Å². The number of methoxy groups -OCH3 is 2. The standard InChI is InChI=1S/C13H19N3O4/c1-19-13(20-2)10-5-7-15(8-6-10)12-4-3-11(9-14-12)16(17)18/h3-4,9-10,13H,5-8H2,1-2H3. The lowest BCUT2D eigenvalue weighted by atomic mass is 9.96. The summed E-state index contributed by atoms with van der Waals surface area (Å²) in [5.41, 5.74) is 0.0162. The molecule has 1 aliphatic heterocycles. The van der Waals surface area contributed by atoms with Crippen molar-refractivity contribution >= 4 is 11.5 Å². The van der Waals surface area contributed by atoms with Crippen LogP contribution < -0.4 is 4.90 Å². The summed E-state index contributed by atoms with van der Waals surface area (Å²) in [5.74, 6) is 1.15. The molecule has 0 atom stereocenters. The van der Waals surface area contributed by atoms with Crippen LogP contribution in [-0.4, -0.2) is 43.5 Å². The first-order valence-corrected chi connectivity index (χ1v) is 6.56. The molecule has 7 nitrogen and oxygen atoms in total. The first-order valence-electron chi connectivity index (χ1n) is 6.56.